The lowest BCUT2D eigenvalue weighted by molar-refractivity contribution is 0.0630. The number of hydrogen-bond acceptors (Lipinski definition) is 3. The Morgan fingerprint density at radius 2 is 2.13 bits per heavy atom. The average Bonchev–Trinajstić information content (AvgIpc) is 2.58. The maximum Gasteiger partial charge on any atom is 0.118 e. The number of nitrogens with zero attached hydrogens (tertiary/aromatic N) is 2. The van der Waals surface area contributed by atoms with Crippen LogP contribution in [0, 0.1) is 0 Å². The third-order valence-corrected chi connectivity index (χ3v) is 2.67. The predicted molar refractivity (Wildman–Crippen MR) is 59.3 cm³/mol. The standard InChI is InChI=1S/C11H15N3O/c1-11(15,7-12)10-8-5-3-4-6-9(8)14(2)13-10/h3-6,15H,7,12H2,1-2H3. The lowest BCUT2D eigenvalue weighted by Gasteiger charge is -2.18. The highest BCUT2D eigenvalue weighted by molar-refractivity contribution is 5.82. The summed E-state index contributed by atoms with van der Waals surface area (Å²) in [5.41, 5.74) is 6.11. The molecule has 0 fully saturated rings. The summed E-state index contributed by atoms with van der Waals surface area (Å²) in [5.74, 6) is 0. The van der Waals surface area contributed by atoms with E-state index >= 15 is 0 Å². The van der Waals surface area contributed by atoms with Gasteiger partial charge in [0, 0.05) is 19.0 Å². The van der Waals surface area contributed by atoms with Gasteiger partial charge in [0.05, 0.1) is 5.52 Å². The number of fused-ring (bicyclic) bond motifs is 1. The molecule has 2 aromatic rings. The summed E-state index contributed by atoms with van der Waals surface area (Å²) < 4.78 is 1.76. The minimum Gasteiger partial charge on any atom is -0.382 e. The molecule has 0 aliphatic rings. The average molecular weight is 205 g/mol. The Hall–Kier alpha value is -1.39. The van der Waals surface area contributed by atoms with Crippen LogP contribution in [0.4, 0.5) is 0 Å². The van der Waals surface area contributed by atoms with Crippen molar-refractivity contribution in [2.24, 2.45) is 12.8 Å². The Morgan fingerprint density at radius 3 is 2.80 bits per heavy atom. The lowest BCUT2D eigenvalue weighted by atomic mass is 9.99. The fraction of sp³-hybridized carbons (Fsp3) is 0.364. The van der Waals surface area contributed by atoms with Crippen molar-refractivity contribution in [3.8, 4) is 0 Å². The van der Waals surface area contributed by atoms with Crippen LogP contribution in [-0.2, 0) is 12.6 Å². The van der Waals surface area contributed by atoms with E-state index in [0.717, 1.165) is 10.9 Å². The van der Waals surface area contributed by atoms with Gasteiger partial charge in [-0.15, -0.1) is 0 Å². The Bertz CT molecular complexity index is 488. The van der Waals surface area contributed by atoms with Crippen molar-refractivity contribution >= 4 is 10.9 Å². The van der Waals surface area contributed by atoms with Crippen molar-refractivity contribution < 1.29 is 5.11 Å². The topological polar surface area (TPSA) is 64.1 Å². The number of hydrogen-bond donors (Lipinski definition) is 2. The van der Waals surface area contributed by atoms with Crippen LogP contribution in [0.1, 0.15) is 12.6 Å². The molecule has 0 aliphatic carbocycles. The van der Waals surface area contributed by atoms with Crippen LogP contribution in [-0.4, -0.2) is 21.4 Å². The fourth-order valence-electron chi connectivity index (χ4n) is 1.71. The second kappa shape index (κ2) is 3.32. The highest BCUT2D eigenvalue weighted by Gasteiger charge is 2.27. The molecule has 0 aliphatic heterocycles. The molecule has 0 saturated carbocycles. The molecule has 4 heteroatoms. The summed E-state index contributed by atoms with van der Waals surface area (Å²) in [7, 11) is 1.86. The molecule has 0 spiro atoms. The summed E-state index contributed by atoms with van der Waals surface area (Å²) in [6.07, 6.45) is 0. The maximum atomic E-state index is 10.1. The van der Waals surface area contributed by atoms with Crippen molar-refractivity contribution in [3.05, 3.63) is 30.0 Å². The normalized spacial score (nSPS) is 15.5. The predicted octanol–water partition coefficient (Wildman–Crippen LogP) is 0.740. The number of rotatable bonds is 2. The Balaban J connectivity index is 2.72. The molecule has 0 amide bonds. The quantitative estimate of drug-likeness (QED) is 0.760. The Morgan fingerprint density at radius 1 is 1.47 bits per heavy atom. The van der Waals surface area contributed by atoms with Gasteiger partial charge in [-0.2, -0.15) is 5.10 Å². The van der Waals surface area contributed by atoms with Crippen LogP contribution in [0.15, 0.2) is 24.3 Å². The molecule has 0 saturated heterocycles. The second-order valence-corrected chi connectivity index (χ2v) is 3.97. The first kappa shape index (κ1) is 10.1. The fourth-order valence-corrected chi connectivity index (χ4v) is 1.71. The number of aryl methyl sites for hydroxylation is 1. The molecule has 0 bridgehead atoms. The van der Waals surface area contributed by atoms with Crippen molar-refractivity contribution in [1.29, 1.82) is 0 Å². The molecule has 1 heterocycles. The van der Waals surface area contributed by atoms with Gasteiger partial charge in [-0.25, -0.2) is 0 Å². The maximum absolute atomic E-state index is 10.1. The summed E-state index contributed by atoms with van der Waals surface area (Å²) >= 11 is 0. The molecule has 2 rings (SSSR count). The largest absolute Gasteiger partial charge is 0.382 e. The zero-order valence-electron chi connectivity index (χ0n) is 8.94. The van der Waals surface area contributed by atoms with E-state index in [1.807, 2.05) is 31.3 Å². The van der Waals surface area contributed by atoms with Gasteiger partial charge in [0.2, 0.25) is 0 Å². The second-order valence-electron chi connectivity index (χ2n) is 3.97. The van der Waals surface area contributed by atoms with Gasteiger partial charge < -0.3 is 10.8 Å². The molecule has 15 heavy (non-hydrogen) atoms. The lowest BCUT2D eigenvalue weighted by Crippen LogP contribution is -2.32. The van der Waals surface area contributed by atoms with Crippen LogP contribution < -0.4 is 5.73 Å². The van der Waals surface area contributed by atoms with E-state index < -0.39 is 5.60 Å². The van der Waals surface area contributed by atoms with Gasteiger partial charge in [-0.3, -0.25) is 4.68 Å². The van der Waals surface area contributed by atoms with Crippen LogP contribution in [0.25, 0.3) is 10.9 Å². The molecule has 1 aromatic carbocycles. The number of aliphatic hydroxyl groups is 1. The van der Waals surface area contributed by atoms with E-state index in [0.29, 0.717) is 5.69 Å². The summed E-state index contributed by atoms with van der Waals surface area (Å²) in [6.45, 7) is 1.84. The Labute approximate surface area is 88.3 Å². The molecule has 4 nitrogen and oxygen atoms in total. The van der Waals surface area contributed by atoms with Crippen molar-refractivity contribution in [2.75, 3.05) is 6.54 Å². The molecule has 1 unspecified atom stereocenters. The van der Waals surface area contributed by atoms with Gasteiger partial charge in [-0.1, -0.05) is 18.2 Å². The van der Waals surface area contributed by atoms with E-state index in [2.05, 4.69) is 5.10 Å². The van der Waals surface area contributed by atoms with Gasteiger partial charge in [0.15, 0.2) is 0 Å². The third kappa shape index (κ3) is 1.52. The van der Waals surface area contributed by atoms with Crippen LogP contribution in [0.3, 0.4) is 0 Å². The first-order valence-electron chi connectivity index (χ1n) is 4.91. The number of nitrogens with two attached hydrogens (primary N) is 1. The summed E-state index contributed by atoms with van der Waals surface area (Å²) in [5, 5.41) is 15.4. The Kier molecular flexibility index (Phi) is 2.25. The van der Waals surface area contributed by atoms with Gasteiger partial charge in [-0.05, 0) is 13.0 Å². The summed E-state index contributed by atoms with van der Waals surface area (Å²) in [6, 6.07) is 7.80. The van der Waals surface area contributed by atoms with Crippen LogP contribution in [0.2, 0.25) is 0 Å². The van der Waals surface area contributed by atoms with Crippen molar-refractivity contribution in [1.82, 2.24) is 9.78 Å². The first-order chi connectivity index (χ1) is 7.06. The monoisotopic (exact) mass is 205 g/mol. The minimum absolute atomic E-state index is 0.161. The number of para-hydroxylation sites is 1. The molecular formula is C11H15N3O. The molecular weight excluding hydrogens is 190 g/mol. The molecule has 80 valence electrons. The van der Waals surface area contributed by atoms with E-state index in [1.54, 1.807) is 11.6 Å². The van der Waals surface area contributed by atoms with Crippen molar-refractivity contribution in [3.63, 3.8) is 0 Å². The first-order valence-corrected chi connectivity index (χ1v) is 4.91. The zero-order chi connectivity index (χ0) is 11.1. The third-order valence-electron chi connectivity index (χ3n) is 2.67. The van der Waals surface area contributed by atoms with E-state index in [-0.39, 0.29) is 6.54 Å². The SMILES string of the molecule is Cn1nc(C(C)(O)CN)c2ccccc21. The van der Waals surface area contributed by atoms with E-state index in [9.17, 15) is 5.11 Å². The molecule has 1 atom stereocenters. The number of benzene rings is 1. The number of aromatic nitrogens is 2. The molecule has 1 aromatic heterocycles. The minimum atomic E-state index is -1.07. The highest BCUT2D eigenvalue weighted by Crippen LogP contribution is 2.26. The van der Waals surface area contributed by atoms with Gasteiger partial charge >= 0.3 is 0 Å². The van der Waals surface area contributed by atoms with E-state index in [1.165, 1.54) is 0 Å². The smallest absolute Gasteiger partial charge is 0.118 e. The zero-order valence-corrected chi connectivity index (χ0v) is 8.94. The van der Waals surface area contributed by atoms with Gasteiger partial charge in [0.25, 0.3) is 0 Å². The van der Waals surface area contributed by atoms with Crippen molar-refractivity contribution in [2.45, 2.75) is 12.5 Å². The highest BCUT2D eigenvalue weighted by atomic mass is 16.3. The van der Waals surface area contributed by atoms with Crippen LogP contribution in [0.5, 0.6) is 0 Å². The van der Waals surface area contributed by atoms with Gasteiger partial charge in [0.1, 0.15) is 11.3 Å². The molecule has 3 N–H and O–H groups in total. The van der Waals surface area contributed by atoms with E-state index in [4.69, 9.17) is 5.73 Å². The molecule has 0 radical (unpaired) electrons. The summed E-state index contributed by atoms with van der Waals surface area (Å²) in [4.78, 5) is 0. The van der Waals surface area contributed by atoms with Crippen LogP contribution >= 0.6 is 0 Å².